The Hall–Kier alpha value is -1.85. The number of sulfonamides is 1. The molecule has 0 aliphatic heterocycles. The van der Waals surface area contributed by atoms with Gasteiger partial charge in [0.2, 0.25) is 16.0 Å². The van der Waals surface area contributed by atoms with Crippen molar-refractivity contribution in [2.75, 3.05) is 17.6 Å². The van der Waals surface area contributed by atoms with Gasteiger partial charge in [-0.1, -0.05) is 19.9 Å². The summed E-state index contributed by atoms with van der Waals surface area (Å²) < 4.78 is 38.6. The maximum atomic E-state index is 13.5. The molecule has 0 spiro atoms. The van der Waals surface area contributed by atoms with E-state index in [-0.39, 0.29) is 54.3 Å². The fourth-order valence-corrected chi connectivity index (χ4v) is 3.48. The third-order valence-electron chi connectivity index (χ3n) is 4.86. The third-order valence-corrected chi connectivity index (χ3v) is 6.02. The van der Waals surface area contributed by atoms with Gasteiger partial charge in [0.25, 0.3) is 0 Å². The SMILES string of the molecule is CC(C)c1nc(N(C)S(C)(=O)=O)nc(-c2ccc(F)cc2)c1CC[C@H](O)C/C=C\C(=O)[O-].[Na+]. The summed E-state index contributed by atoms with van der Waals surface area (Å²) >= 11 is 0. The van der Waals surface area contributed by atoms with Crippen LogP contribution in [0.2, 0.25) is 0 Å². The number of carbonyl (C=O) groups excluding carboxylic acids is 1. The van der Waals surface area contributed by atoms with E-state index in [0.717, 1.165) is 16.6 Å². The molecule has 2 aromatic rings. The van der Waals surface area contributed by atoms with Gasteiger partial charge in [-0.25, -0.2) is 27.1 Å². The summed E-state index contributed by atoms with van der Waals surface area (Å²) in [7, 11) is -2.25. The number of rotatable bonds is 10. The molecule has 174 valence electrons. The molecule has 0 unspecified atom stereocenters. The first-order valence-electron chi connectivity index (χ1n) is 10.1. The molecule has 33 heavy (non-hydrogen) atoms. The van der Waals surface area contributed by atoms with Gasteiger partial charge in [0, 0.05) is 18.2 Å². The molecule has 11 heteroatoms. The molecule has 1 aromatic heterocycles. The van der Waals surface area contributed by atoms with Crippen LogP contribution in [0.25, 0.3) is 11.3 Å². The van der Waals surface area contributed by atoms with Crippen molar-refractivity contribution in [3.05, 3.63) is 53.5 Å². The maximum Gasteiger partial charge on any atom is 1.00 e. The number of anilines is 1. The van der Waals surface area contributed by atoms with Crippen molar-refractivity contribution in [3.63, 3.8) is 0 Å². The Balaban J connectivity index is 0.00000544. The smallest absolute Gasteiger partial charge is 0.545 e. The predicted octanol–water partition coefficient (Wildman–Crippen LogP) is -1.20. The van der Waals surface area contributed by atoms with E-state index in [4.69, 9.17) is 0 Å². The van der Waals surface area contributed by atoms with Crippen LogP contribution in [0, 0.1) is 5.82 Å². The zero-order valence-corrected chi connectivity index (χ0v) is 22.3. The van der Waals surface area contributed by atoms with Gasteiger partial charge in [0.15, 0.2) is 0 Å². The summed E-state index contributed by atoms with van der Waals surface area (Å²) in [6.45, 7) is 3.81. The Morgan fingerprint density at radius 1 is 1.24 bits per heavy atom. The van der Waals surface area contributed by atoms with Crippen LogP contribution in [0.1, 0.15) is 43.9 Å². The topological polar surface area (TPSA) is 124 Å². The maximum absolute atomic E-state index is 13.5. The van der Waals surface area contributed by atoms with Crippen LogP contribution in [0.3, 0.4) is 0 Å². The fraction of sp³-hybridized carbons (Fsp3) is 0.409. The number of halogens is 1. The summed E-state index contributed by atoms with van der Waals surface area (Å²) in [6, 6.07) is 5.68. The summed E-state index contributed by atoms with van der Waals surface area (Å²) in [5, 5.41) is 20.8. The molecule has 0 aliphatic carbocycles. The molecule has 0 amide bonds. The van der Waals surface area contributed by atoms with Gasteiger partial charge in [-0.05, 0) is 55.5 Å². The van der Waals surface area contributed by atoms with E-state index in [1.54, 1.807) is 12.1 Å². The second-order valence-electron chi connectivity index (χ2n) is 7.78. The van der Waals surface area contributed by atoms with Gasteiger partial charge in [-0.2, -0.15) is 0 Å². The van der Waals surface area contributed by atoms with E-state index < -0.39 is 27.9 Å². The summed E-state index contributed by atoms with van der Waals surface area (Å²) in [4.78, 5) is 19.5. The van der Waals surface area contributed by atoms with Crippen molar-refractivity contribution in [3.8, 4) is 11.3 Å². The van der Waals surface area contributed by atoms with Gasteiger partial charge < -0.3 is 15.0 Å². The number of aliphatic carboxylic acids is 1. The van der Waals surface area contributed by atoms with E-state index in [1.807, 2.05) is 13.8 Å². The molecule has 0 fully saturated rings. The Morgan fingerprint density at radius 3 is 2.36 bits per heavy atom. The fourth-order valence-electron chi connectivity index (χ4n) is 3.10. The number of hydrogen-bond acceptors (Lipinski definition) is 7. The molecule has 1 aromatic carbocycles. The molecule has 0 saturated carbocycles. The predicted molar refractivity (Wildman–Crippen MR) is 118 cm³/mol. The number of carboxylic acid groups (broad SMARTS) is 1. The number of carboxylic acids is 1. The van der Waals surface area contributed by atoms with E-state index in [0.29, 0.717) is 28.9 Å². The summed E-state index contributed by atoms with van der Waals surface area (Å²) in [6.07, 6.45) is 3.20. The first-order valence-corrected chi connectivity index (χ1v) is 11.9. The zero-order chi connectivity index (χ0) is 24.1. The largest absolute Gasteiger partial charge is 1.00 e. The zero-order valence-electron chi connectivity index (χ0n) is 19.4. The average molecular weight is 488 g/mol. The van der Waals surface area contributed by atoms with Crippen molar-refractivity contribution in [1.29, 1.82) is 0 Å². The number of hydrogen-bond donors (Lipinski definition) is 1. The molecule has 0 saturated heterocycles. The van der Waals surface area contributed by atoms with Crippen LogP contribution in [0.15, 0.2) is 36.4 Å². The first kappa shape index (κ1) is 29.2. The minimum Gasteiger partial charge on any atom is -0.545 e. The second-order valence-corrected chi connectivity index (χ2v) is 9.79. The number of aliphatic hydroxyl groups excluding tert-OH is 1. The molecule has 2 rings (SSSR count). The molecule has 1 heterocycles. The van der Waals surface area contributed by atoms with Crippen LogP contribution in [-0.4, -0.2) is 48.9 Å². The van der Waals surface area contributed by atoms with Crippen molar-refractivity contribution in [2.45, 2.75) is 45.1 Å². The number of carbonyl (C=O) groups is 1. The second kappa shape index (κ2) is 12.6. The average Bonchev–Trinajstić information content (AvgIpc) is 2.70. The Labute approximate surface area is 215 Å². The molecule has 0 bridgehead atoms. The summed E-state index contributed by atoms with van der Waals surface area (Å²) in [5.41, 5.74) is 2.36. The van der Waals surface area contributed by atoms with Gasteiger partial charge in [0.1, 0.15) is 5.82 Å². The van der Waals surface area contributed by atoms with Crippen LogP contribution in [-0.2, 0) is 21.2 Å². The minimum atomic E-state index is -3.61. The summed E-state index contributed by atoms with van der Waals surface area (Å²) in [5.74, 6) is -1.85. The molecule has 1 atom stereocenters. The quantitative estimate of drug-likeness (QED) is 0.330. The van der Waals surface area contributed by atoms with Gasteiger partial charge in [-0.15, -0.1) is 0 Å². The molecule has 0 aliphatic rings. The van der Waals surface area contributed by atoms with E-state index in [1.165, 1.54) is 25.3 Å². The number of nitrogens with zero attached hydrogens (tertiary/aromatic N) is 3. The van der Waals surface area contributed by atoms with Gasteiger partial charge in [-0.3, -0.25) is 0 Å². The Kier molecular flexibility index (Phi) is 11.1. The van der Waals surface area contributed by atoms with Crippen LogP contribution in [0.4, 0.5) is 10.3 Å². The Morgan fingerprint density at radius 2 is 1.85 bits per heavy atom. The van der Waals surface area contributed by atoms with Crippen LogP contribution < -0.4 is 39.0 Å². The van der Waals surface area contributed by atoms with E-state index in [2.05, 4.69) is 9.97 Å². The van der Waals surface area contributed by atoms with Crippen LogP contribution in [0.5, 0.6) is 0 Å². The Bertz CT molecular complexity index is 1090. The van der Waals surface area contributed by atoms with Crippen molar-refractivity contribution >= 4 is 21.9 Å². The van der Waals surface area contributed by atoms with E-state index >= 15 is 0 Å². The number of aliphatic hydroxyl groups is 1. The molecule has 0 radical (unpaired) electrons. The van der Waals surface area contributed by atoms with Gasteiger partial charge in [0.05, 0.1) is 29.7 Å². The third kappa shape index (κ3) is 8.46. The van der Waals surface area contributed by atoms with Gasteiger partial charge >= 0.3 is 29.6 Å². The van der Waals surface area contributed by atoms with Crippen molar-refractivity contribution in [1.82, 2.24) is 9.97 Å². The normalized spacial score (nSPS) is 12.6. The van der Waals surface area contributed by atoms with E-state index in [9.17, 15) is 27.8 Å². The molecular weight excluding hydrogens is 460 g/mol. The first-order chi connectivity index (χ1) is 14.9. The number of aromatic nitrogens is 2. The molecule has 8 nitrogen and oxygen atoms in total. The van der Waals surface area contributed by atoms with Crippen LogP contribution >= 0.6 is 0 Å². The number of benzene rings is 1. The van der Waals surface area contributed by atoms with Crippen molar-refractivity contribution in [2.24, 2.45) is 0 Å². The monoisotopic (exact) mass is 487 g/mol. The molecule has 1 N–H and O–H groups in total. The minimum absolute atomic E-state index is 0. The molecular formula is C22H27FN3NaO5S. The standard InChI is InChI=1S/C22H28FN3O5S.Na/c1-14(2)20-18(13-12-17(27)6-5-7-19(28)29)21(15-8-10-16(23)11-9-15)25-22(24-20)26(3)32(4,30)31;/h5,7-11,14,17,27H,6,12-13H2,1-4H3,(H,28,29);/q;+1/p-1/b7-5-;/t17-;/m1./s1. The van der Waals surface area contributed by atoms with Crippen molar-refractivity contribution < 1.29 is 57.4 Å².